The van der Waals surface area contributed by atoms with Crippen LogP contribution < -0.4 is 25.8 Å². The predicted molar refractivity (Wildman–Crippen MR) is 161 cm³/mol. The summed E-state index contributed by atoms with van der Waals surface area (Å²) in [6, 6.07) is 13.1. The van der Waals surface area contributed by atoms with E-state index in [1.54, 1.807) is 0 Å². The molecule has 41 heavy (non-hydrogen) atoms. The van der Waals surface area contributed by atoms with Crippen LogP contribution in [0.15, 0.2) is 42.6 Å². The third kappa shape index (κ3) is 4.62. The van der Waals surface area contributed by atoms with E-state index in [1.165, 1.54) is 0 Å². The van der Waals surface area contributed by atoms with Crippen LogP contribution in [-0.4, -0.2) is 73.2 Å². The lowest BCUT2D eigenvalue weighted by molar-refractivity contribution is -0.145. The number of primary amides is 1. The van der Waals surface area contributed by atoms with Gasteiger partial charge in [-0.1, -0.05) is 12.1 Å². The average molecular weight is 558 g/mol. The number of nitrogens with zero attached hydrogens (tertiary/aromatic N) is 5. The number of rotatable bonds is 5. The maximum atomic E-state index is 13.8. The first-order valence-electron chi connectivity index (χ1n) is 15.5. The van der Waals surface area contributed by atoms with Crippen LogP contribution in [0.3, 0.4) is 0 Å². The van der Waals surface area contributed by atoms with Crippen LogP contribution >= 0.6 is 0 Å². The normalized spacial score (nSPS) is 31.0. The Hall–Kier alpha value is -3.33. The molecule has 218 valence electrons. The summed E-state index contributed by atoms with van der Waals surface area (Å²) in [5.74, 6) is 2.01. The highest BCUT2D eigenvalue weighted by Crippen LogP contribution is 2.60. The molecule has 1 saturated heterocycles. The highest BCUT2D eigenvalue weighted by molar-refractivity contribution is 5.98. The van der Waals surface area contributed by atoms with Crippen LogP contribution in [0.1, 0.15) is 46.0 Å². The fraction of sp³-hybridized carbons (Fsp3) is 0.594. The summed E-state index contributed by atoms with van der Waals surface area (Å²) < 4.78 is 0. The number of piperazine rings is 1. The predicted octanol–water partition coefficient (Wildman–Crippen LogP) is 3.96. The molecule has 1 aromatic carbocycles. The molecule has 4 saturated carbocycles. The molecule has 2 aromatic rings. The molecule has 4 aliphatic carbocycles. The van der Waals surface area contributed by atoms with Gasteiger partial charge in [0.25, 0.3) is 0 Å². The molecule has 3 heterocycles. The molecule has 8 rings (SSSR count). The van der Waals surface area contributed by atoms with Gasteiger partial charge in [0, 0.05) is 56.8 Å². The first kappa shape index (κ1) is 26.6. The van der Waals surface area contributed by atoms with Crippen molar-refractivity contribution in [1.29, 1.82) is 0 Å². The summed E-state index contributed by atoms with van der Waals surface area (Å²) in [4.78, 5) is 40.1. The van der Waals surface area contributed by atoms with Gasteiger partial charge in [0.1, 0.15) is 5.82 Å². The van der Waals surface area contributed by atoms with Crippen molar-refractivity contribution in [3.63, 3.8) is 0 Å². The summed E-state index contributed by atoms with van der Waals surface area (Å²) in [6.07, 6.45) is 6.76. The number of urea groups is 1. The number of hydrogen-bond acceptors (Lipinski definition) is 6. The van der Waals surface area contributed by atoms with E-state index in [4.69, 9.17) is 10.7 Å². The Morgan fingerprint density at radius 1 is 0.927 bits per heavy atom. The van der Waals surface area contributed by atoms with Crippen LogP contribution in [0.5, 0.6) is 0 Å². The van der Waals surface area contributed by atoms with E-state index in [1.807, 2.05) is 29.3 Å². The minimum atomic E-state index is -0.346. The standard InChI is InChI=1S/C32H43N7O2/c1-21(2)36-9-11-37(12-10-36)25-7-8-28(34-20-25)38-13-14-39(27-6-4-3-5-26(27)38)31(41)35-29-23-15-22-16-24(29)19-32(17-22,18-23)30(33)40/h3-8,20-24,29H,9-19H2,1-2H3,(H2,33,40)(H,35,41). The Bertz CT molecular complexity index is 1290. The zero-order chi connectivity index (χ0) is 28.3. The Morgan fingerprint density at radius 2 is 1.63 bits per heavy atom. The molecule has 5 fully saturated rings. The van der Waals surface area contributed by atoms with E-state index in [9.17, 15) is 9.59 Å². The molecule has 1 aromatic heterocycles. The van der Waals surface area contributed by atoms with Gasteiger partial charge in [-0.15, -0.1) is 0 Å². The van der Waals surface area contributed by atoms with Crippen LogP contribution in [-0.2, 0) is 4.79 Å². The van der Waals surface area contributed by atoms with Gasteiger partial charge >= 0.3 is 6.03 Å². The lowest BCUT2D eigenvalue weighted by Crippen LogP contribution is -2.63. The number of amides is 3. The van der Waals surface area contributed by atoms with E-state index >= 15 is 0 Å². The summed E-state index contributed by atoms with van der Waals surface area (Å²) in [5.41, 5.74) is 8.60. The fourth-order valence-corrected chi connectivity index (χ4v) is 8.81. The zero-order valence-electron chi connectivity index (χ0n) is 24.3. The second-order valence-corrected chi connectivity index (χ2v) is 13.4. The molecule has 9 nitrogen and oxygen atoms in total. The Balaban J connectivity index is 1.05. The lowest BCUT2D eigenvalue weighted by Gasteiger charge is -2.59. The van der Waals surface area contributed by atoms with E-state index in [2.05, 4.69) is 52.1 Å². The van der Waals surface area contributed by atoms with Gasteiger partial charge in [-0.3, -0.25) is 14.6 Å². The second-order valence-electron chi connectivity index (χ2n) is 13.4. The van der Waals surface area contributed by atoms with Crippen molar-refractivity contribution in [2.24, 2.45) is 28.9 Å². The van der Waals surface area contributed by atoms with Crippen LogP contribution in [0.4, 0.5) is 27.7 Å². The fourth-order valence-electron chi connectivity index (χ4n) is 8.81. The molecule has 2 atom stereocenters. The third-order valence-electron chi connectivity index (χ3n) is 10.8. The SMILES string of the molecule is CC(C)N1CCN(c2ccc(N3CCN(C(=O)NC4C5CC6CC4CC(C(N)=O)(C6)C5)c4ccccc43)nc2)CC1. The molecule has 3 amide bonds. The molecule has 0 spiro atoms. The monoisotopic (exact) mass is 557 g/mol. The maximum Gasteiger partial charge on any atom is 0.322 e. The quantitative estimate of drug-likeness (QED) is 0.578. The number of aromatic nitrogens is 1. The molecule has 2 aliphatic heterocycles. The number of hydrogen-bond donors (Lipinski definition) is 2. The first-order valence-corrected chi connectivity index (χ1v) is 15.5. The molecule has 4 bridgehead atoms. The van der Waals surface area contributed by atoms with Crippen molar-refractivity contribution >= 4 is 34.8 Å². The molecule has 6 aliphatic rings. The van der Waals surface area contributed by atoms with Crippen LogP contribution in [0.2, 0.25) is 0 Å². The maximum absolute atomic E-state index is 13.8. The molecule has 9 heteroatoms. The molecule has 3 N–H and O–H groups in total. The number of nitrogens with two attached hydrogens (primary N) is 1. The minimum Gasteiger partial charge on any atom is -0.369 e. The van der Waals surface area contributed by atoms with Crippen molar-refractivity contribution in [2.75, 3.05) is 54.0 Å². The van der Waals surface area contributed by atoms with Crippen molar-refractivity contribution in [3.05, 3.63) is 42.6 Å². The van der Waals surface area contributed by atoms with Gasteiger partial charge in [-0.05, 0) is 88.0 Å². The smallest absolute Gasteiger partial charge is 0.322 e. The van der Waals surface area contributed by atoms with Crippen molar-refractivity contribution in [2.45, 2.75) is 58.0 Å². The molecule has 2 unspecified atom stereocenters. The van der Waals surface area contributed by atoms with Gasteiger partial charge in [0.05, 0.1) is 23.3 Å². The highest BCUT2D eigenvalue weighted by atomic mass is 16.2. The number of pyridine rings is 1. The number of carbonyl (C=O) groups is 2. The van der Waals surface area contributed by atoms with Gasteiger partial charge in [0.2, 0.25) is 5.91 Å². The van der Waals surface area contributed by atoms with E-state index in [0.29, 0.717) is 36.9 Å². The lowest BCUT2D eigenvalue weighted by atomic mass is 9.47. The van der Waals surface area contributed by atoms with E-state index < -0.39 is 0 Å². The molecular formula is C32H43N7O2. The van der Waals surface area contributed by atoms with Crippen molar-refractivity contribution in [1.82, 2.24) is 15.2 Å². The minimum absolute atomic E-state index is 0.0356. The van der Waals surface area contributed by atoms with Crippen LogP contribution in [0.25, 0.3) is 0 Å². The Kier molecular flexibility index (Phi) is 6.60. The first-order chi connectivity index (χ1) is 19.8. The summed E-state index contributed by atoms with van der Waals surface area (Å²) >= 11 is 0. The number of benzene rings is 1. The van der Waals surface area contributed by atoms with Gasteiger partial charge in [-0.25, -0.2) is 9.78 Å². The topological polar surface area (TPSA) is 98.0 Å². The number of para-hydroxylation sites is 2. The second kappa shape index (κ2) is 10.2. The Morgan fingerprint density at radius 3 is 2.27 bits per heavy atom. The molecule has 0 radical (unpaired) electrons. The number of nitrogens with one attached hydrogen (secondary N) is 1. The van der Waals surface area contributed by atoms with Crippen molar-refractivity contribution < 1.29 is 9.59 Å². The average Bonchev–Trinajstić information content (AvgIpc) is 2.98. The number of fused-ring (bicyclic) bond motifs is 1. The van der Waals surface area contributed by atoms with Gasteiger partial charge in [0.15, 0.2) is 0 Å². The highest BCUT2D eigenvalue weighted by Gasteiger charge is 2.58. The zero-order valence-corrected chi connectivity index (χ0v) is 24.3. The largest absolute Gasteiger partial charge is 0.369 e. The number of carbonyl (C=O) groups excluding carboxylic acids is 2. The molecular weight excluding hydrogens is 514 g/mol. The summed E-state index contributed by atoms with van der Waals surface area (Å²) in [6.45, 7) is 9.96. The summed E-state index contributed by atoms with van der Waals surface area (Å²) in [5, 5.41) is 3.43. The van der Waals surface area contributed by atoms with Gasteiger partial charge < -0.3 is 20.9 Å². The number of anilines is 4. The summed E-state index contributed by atoms with van der Waals surface area (Å²) in [7, 11) is 0. The van der Waals surface area contributed by atoms with Crippen molar-refractivity contribution in [3.8, 4) is 0 Å². The van der Waals surface area contributed by atoms with Gasteiger partial charge in [-0.2, -0.15) is 0 Å². The van der Waals surface area contributed by atoms with E-state index in [0.717, 1.165) is 81.2 Å². The Labute approximate surface area is 243 Å². The third-order valence-corrected chi connectivity index (χ3v) is 10.8. The van der Waals surface area contributed by atoms with Crippen LogP contribution in [0, 0.1) is 23.2 Å². The van der Waals surface area contributed by atoms with E-state index in [-0.39, 0.29) is 23.4 Å².